The van der Waals surface area contributed by atoms with Gasteiger partial charge in [-0.15, -0.1) is 0 Å². The molecule has 32 heavy (non-hydrogen) atoms. The lowest BCUT2D eigenvalue weighted by atomic mass is 9.87. The number of thiocarbonyl (C=S) groups is 1. The van der Waals surface area contributed by atoms with Crippen LogP contribution < -0.4 is 4.74 Å². The van der Waals surface area contributed by atoms with Gasteiger partial charge >= 0.3 is 5.97 Å². The van der Waals surface area contributed by atoms with Crippen LogP contribution in [0.2, 0.25) is 0 Å². The van der Waals surface area contributed by atoms with Gasteiger partial charge in [-0.05, 0) is 53.3 Å². The minimum Gasteiger partial charge on any atom is -0.423 e. The highest BCUT2D eigenvalue weighted by Crippen LogP contribution is 2.33. The molecule has 3 rings (SSSR count). The molecule has 1 aliphatic heterocycles. The first-order chi connectivity index (χ1) is 15.2. The topological polar surface area (TPSA) is 55.8 Å². The highest BCUT2D eigenvalue weighted by Gasteiger charge is 2.31. The van der Waals surface area contributed by atoms with Crippen LogP contribution in [0.3, 0.4) is 0 Å². The number of ether oxygens (including phenoxy) is 2. The Morgan fingerprint density at radius 3 is 2.34 bits per heavy atom. The van der Waals surface area contributed by atoms with Crippen LogP contribution in [0, 0.1) is 0 Å². The lowest BCUT2D eigenvalue weighted by molar-refractivity contribution is -0.122. The molecule has 2 aromatic carbocycles. The summed E-state index contributed by atoms with van der Waals surface area (Å²) in [6, 6.07) is 14.5. The van der Waals surface area contributed by atoms with E-state index < -0.39 is 5.97 Å². The lowest BCUT2D eigenvalue weighted by Gasteiger charge is -2.18. The summed E-state index contributed by atoms with van der Waals surface area (Å²) in [6.45, 7) is 7.50. The molecule has 1 aliphatic rings. The van der Waals surface area contributed by atoms with Gasteiger partial charge in [0.25, 0.3) is 5.91 Å². The lowest BCUT2D eigenvalue weighted by Crippen LogP contribution is -2.29. The van der Waals surface area contributed by atoms with Crippen LogP contribution in [0.1, 0.15) is 48.7 Å². The smallest absolute Gasteiger partial charge is 0.343 e. The van der Waals surface area contributed by atoms with Gasteiger partial charge < -0.3 is 9.47 Å². The van der Waals surface area contributed by atoms with Crippen LogP contribution in [-0.4, -0.2) is 41.4 Å². The number of benzene rings is 2. The number of esters is 1. The third-order valence-corrected chi connectivity index (χ3v) is 6.36. The van der Waals surface area contributed by atoms with E-state index in [2.05, 4.69) is 20.8 Å². The fourth-order valence-corrected chi connectivity index (χ4v) is 4.42. The van der Waals surface area contributed by atoms with E-state index in [4.69, 9.17) is 21.7 Å². The third-order valence-electron chi connectivity index (χ3n) is 4.98. The van der Waals surface area contributed by atoms with Gasteiger partial charge in [0.05, 0.1) is 10.5 Å². The number of amides is 1. The Morgan fingerprint density at radius 2 is 1.75 bits per heavy atom. The molecule has 7 heteroatoms. The summed E-state index contributed by atoms with van der Waals surface area (Å²) >= 11 is 6.62. The van der Waals surface area contributed by atoms with Gasteiger partial charge in [-0.1, -0.05) is 69.0 Å². The van der Waals surface area contributed by atoms with E-state index in [0.717, 1.165) is 17.5 Å². The van der Waals surface area contributed by atoms with E-state index in [9.17, 15) is 9.59 Å². The summed E-state index contributed by atoms with van der Waals surface area (Å²) in [5.74, 6) is -0.0559. The van der Waals surface area contributed by atoms with Crippen molar-refractivity contribution in [2.75, 3.05) is 20.3 Å². The summed E-state index contributed by atoms with van der Waals surface area (Å²) in [5, 5.41) is 0. The number of hydrogen-bond donors (Lipinski definition) is 0. The van der Waals surface area contributed by atoms with Gasteiger partial charge in [-0.3, -0.25) is 9.69 Å². The Labute approximate surface area is 198 Å². The number of methoxy groups -OCH3 is 1. The highest BCUT2D eigenvalue weighted by atomic mass is 32.2. The first kappa shape index (κ1) is 24.2. The molecule has 0 spiro atoms. The van der Waals surface area contributed by atoms with Crippen LogP contribution in [-0.2, 0) is 14.9 Å². The van der Waals surface area contributed by atoms with Crippen molar-refractivity contribution >= 4 is 46.3 Å². The average molecular weight is 470 g/mol. The molecule has 1 heterocycles. The summed E-state index contributed by atoms with van der Waals surface area (Å²) in [4.78, 5) is 27.2. The third kappa shape index (κ3) is 6.06. The zero-order valence-electron chi connectivity index (χ0n) is 18.7. The van der Waals surface area contributed by atoms with Gasteiger partial charge in [0, 0.05) is 20.3 Å². The number of hydrogen-bond acceptors (Lipinski definition) is 6. The number of carbonyl (C=O) groups is 2. The van der Waals surface area contributed by atoms with Crippen LogP contribution in [0.25, 0.3) is 6.08 Å². The zero-order chi connectivity index (χ0) is 23.3. The van der Waals surface area contributed by atoms with E-state index in [1.54, 1.807) is 42.4 Å². The van der Waals surface area contributed by atoms with E-state index in [1.165, 1.54) is 11.8 Å². The Hall–Kier alpha value is -2.48. The monoisotopic (exact) mass is 469 g/mol. The average Bonchev–Trinajstić information content (AvgIpc) is 3.02. The molecule has 168 valence electrons. The molecule has 0 N–H and O–H groups in total. The summed E-state index contributed by atoms with van der Waals surface area (Å²) in [5.41, 5.74) is 2.51. The second-order valence-corrected chi connectivity index (χ2v) is 10.1. The maximum atomic E-state index is 12.6. The molecule has 0 bridgehead atoms. The Balaban J connectivity index is 1.63. The Kier molecular flexibility index (Phi) is 7.87. The summed E-state index contributed by atoms with van der Waals surface area (Å²) in [6.07, 6.45) is 2.53. The molecule has 0 saturated carbocycles. The van der Waals surface area contributed by atoms with Gasteiger partial charge in [-0.2, -0.15) is 0 Å². The largest absolute Gasteiger partial charge is 0.423 e. The van der Waals surface area contributed by atoms with Crippen molar-refractivity contribution < 1.29 is 19.1 Å². The Bertz CT molecular complexity index is 1020. The minimum atomic E-state index is -0.407. The normalized spacial score (nSPS) is 15.5. The van der Waals surface area contributed by atoms with Crippen molar-refractivity contribution in [3.05, 3.63) is 70.1 Å². The summed E-state index contributed by atoms with van der Waals surface area (Å²) < 4.78 is 11.1. The molecule has 5 nitrogen and oxygen atoms in total. The molecule has 0 unspecified atom stereocenters. The first-order valence-electron chi connectivity index (χ1n) is 10.4. The minimum absolute atomic E-state index is 0.0243. The summed E-state index contributed by atoms with van der Waals surface area (Å²) in [7, 11) is 1.63. The van der Waals surface area contributed by atoms with Crippen molar-refractivity contribution in [2.45, 2.75) is 32.6 Å². The predicted octanol–water partition coefficient (Wildman–Crippen LogP) is 5.44. The van der Waals surface area contributed by atoms with Gasteiger partial charge in [-0.25, -0.2) is 4.79 Å². The van der Waals surface area contributed by atoms with Crippen molar-refractivity contribution in [2.24, 2.45) is 0 Å². The first-order valence-corrected chi connectivity index (χ1v) is 11.6. The zero-order valence-corrected chi connectivity index (χ0v) is 20.3. The second kappa shape index (κ2) is 10.4. The number of thioether (sulfide) groups is 1. The van der Waals surface area contributed by atoms with E-state index in [0.29, 0.717) is 33.7 Å². The SMILES string of the molecule is COCCCN1C(=O)C(=Cc2ccc(OC(=O)c3ccc(C(C)(C)C)cc3)cc2)SC1=S. The molecule has 1 fully saturated rings. The maximum Gasteiger partial charge on any atom is 0.343 e. The molecular weight excluding hydrogens is 442 g/mol. The fraction of sp³-hybridized carbons (Fsp3) is 0.320. The molecule has 0 radical (unpaired) electrons. The maximum absolute atomic E-state index is 12.6. The highest BCUT2D eigenvalue weighted by molar-refractivity contribution is 8.26. The second-order valence-electron chi connectivity index (χ2n) is 8.47. The van der Waals surface area contributed by atoms with Crippen molar-refractivity contribution in [1.29, 1.82) is 0 Å². The van der Waals surface area contributed by atoms with E-state index in [-0.39, 0.29) is 11.3 Å². The van der Waals surface area contributed by atoms with Crippen molar-refractivity contribution in [3.63, 3.8) is 0 Å². The van der Waals surface area contributed by atoms with Crippen LogP contribution >= 0.6 is 24.0 Å². The molecule has 1 amide bonds. The number of nitrogens with zero attached hydrogens (tertiary/aromatic N) is 1. The van der Waals surface area contributed by atoms with E-state index in [1.807, 2.05) is 24.3 Å². The molecule has 0 aliphatic carbocycles. The molecule has 1 saturated heterocycles. The number of rotatable bonds is 7. The molecular formula is C25H27NO4S2. The fourth-order valence-electron chi connectivity index (χ4n) is 3.12. The predicted molar refractivity (Wildman–Crippen MR) is 133 cm³/mol. The van der Waals surface area contributed by atoms with Crippen molar-refractivity contribution in [1.82, 2.24) is 4.90 Å². The number of carbonyl (C=O) groups excluding carboxylic acids is 2. The Morgan fingerprint density at radius 1 is 1.09 bits per heavy atom. The van der Waals surface area contributed by atoms with Gasteiger partial charge in [0.1, 0.15) is 10.1 Å². The van der Waals surface area contributed by atoms with Crippen LogP contribution in [0.15, 0.2) is 53.4 Å². The van der Waals surface area contributed by atoms with Crippen LogP contribution in [0.4, 0.5) is 0 Å². The molecule has 2 aromatic rings. The standard InChI is InChI=1S/C25H27NO4S2/c1-25(2,3)19-10-8-18(9-11-19)23(28)30-20-12-6-17(7-13-20)16-21-22(27)26(24(31)32-21)14-5-15-29-4/h6-13,16H,5,14-15H2,1-4H3. The van der Waals surface area contributed by atoms with Crippen LogP contribution in [0.5, 0.6) is 5.75 Å². The van der Waals surface area contributed by atoms with Crippen molar-refractivity contribution in [3.8, 4) is 5.75 Å². The molecule has 0 aromatic heterocycles. The van der Waals surface area contributed by atoms with E-state index >= 15 is 0 Å². The quantitative estimate of drug-likeness (QED) is 0.177. The molecule has 0 atom stereocenters. The van der Waals surface area contributed by atoms with Gasteiger partial charge in [0.15, 0.2) is 0 Å². The van der Waals surface area contributed by atoms with Gasteiger partial charge in [0.2, 0.25) is 0 Å².